The maximum Gasteiger partial charge on any atom is 0.239 e. The molecule has 1 aliphatic rings. The maximum absolute atomic E-state index is 12.1. The molecule has 0 saturated carbocycles. The molecule has 0 aliphatic carbocycles. The Morgan fingerprint density at radius 3 is 2.48 bits per heavy atom. The van der Waals surface area contributed by atoms with Crippen molar-refractivity contribution in [3.05, 3.63) is 24.3 Å². The molecular formula is C15H24ClN3O2. The van der Waals surface area contributed by atoms with Crippen molar-refractivity contribution in [1.82, 2.24) is 4.90 Å². The number of aromatic hydroxyl groups is 1. The Labute approximate surface area is 132 Å². The zero-order valence-electron chi connectivity index (χ0n) is 12.4. The third kappa shape index (κ3) is 4.25. The number of carbonyl (C=O) groups excluding carboxylic acids is 1. The Bertz CT molecular complexity index is 462. The van der Waals surface area contributed by atoms with E-state index in [1.54, 1.807) is 6.07 Å². The van der Waals surface area contributed by atoms with Crippen molar-refractivity contribution in [2.45, 2.75) is 25.8 Å². The number of hydrogen-bond donors (Lipinski definition) is 2. The predicted molar refractivity (Wildman–Crippen MR) is 87.0 cm³/mol. The van der Waals surface area contributed by atoms with Gasteiger partial charge in [0.15, 0.2) is 0 Å². The molecular weight excluding hydrogens is 290 g/mol. The molecule has 1 atom stereocenters. The minimum atomic E-state index is -0.378. The summed E-state index contributed by atoms with van der Waals surface area (Å²) >= 11 is 0. The van der Waals surface area contributed by atoms with Crippen LogP contribution in [-0.4, -0.2) is 48.1 Å². The highest BCUT2D eigenvalue weighted by atomic mass is 35.5. The minimum Gasteiger partial charge on any atom is -0.506 e. The van der Waals surface area contributed by atoms with Crippen LogP contribution < -0.4 is 10.6 Å². The fourth-order valence-corrected chi connectivity index (χ4v) is 2.57. The Kier molecular flexibility index (Phi) is 6.78. The molecule has 1 amide bonds. The van der Waals surface area contributed by atoms with E-state index in [0.717, 1.165) is 31.6 Å². The number of halogens is 1. The van der Waals surface area contributed by atoms with Gasteiger partial charge in [-0.2, -0.15) is 0 Å². The molecule has 1 unspecified atom stereocenters. The summed E-state index contributed by atoms with van der Waals surface area (Å²) in [5.74, 6) is 0.332. The van der Waals surface area contributed by atoms with Crippen LogP contribution in [0, 0.1) is 0 Å². The van der Waals surface area contributed by atoms with Gasteiger partial charge in [0.2, 0.25) is 5.91 Å². The molecule has 2 rings (SSSR count). The number of phenolic OH excluding ortho intramolecular Hbond substituents is 1. The van der Waals surface area contributed by atoms with Gasteiger partial charge in [0.1, 0.15) is 5.75 Å². The number of phenols is 1. The van der Waals surface area contributed by atoms with E-state index in [1.807, 2.05) is 30.0 Å². The second-order valence-corrected chi connectivity index (χ2v) is 5.20. The number of amides is 1. The predicted octanol–water partition coefficient (Wildman–Crippen LogP) is 1.59. The van der Waals surface area contributed by atoms with E-state index in [2.05, 4.69) is 4.90 Å². The van der Waals surface area contributed by atoms with Gasteiger partial charge >= 0.3 is 0 Å². The van der Waals surface area contributed by atoms with Gasteiger partial charge in [-0.05, 0) is 18.6 Å². The number of hydrogen-bond acceptors (Lipinski definition) is 4. The van der Waals surface area contributed by atoms with Crippen LogP contribution in [0.3, 0.4) is 0 Å². The lowest BCUT2D eigenvalue weighted by atomic mass is 10.1. The molecule has 21 heavy (non-hydrogen) atoms. The summed E-state index contributed by atoms with van der Waals surface area (Å²) in [6, 6.07) is 6.92. The lowest BCUT2D eigenvalue weighted by Crippen LogP contribution is -2.53. The first kappa shape index (κ1) is 17.6. The highest BCUT2D eigenvalue weighted by Crippen LogP contribution is 2.27. The average Bonchev–Trinajstić information content (AvgIpc) is 2.47. The number of para-hydroxylation sites is 2. The van der Waals surface area contributed by atoms with E-state index in [4.69, 9.17) is 5.73 Å². The highest BCUT2D eigenvalue weighted by Gasteiger charge is 2.25. The van der Waals surface area contributed by atoms with E-state index in [-0.39, 0.29) is 30.1 Å². The molecule has 1 aromatic rings. The second kappa shape index (κ2) is 8.10. The zero-order valence-corrected chi connectivity index (χ0v) is 13.2. The van der Waals surface area contributed by atoms with Gasteiger partial charge in [0.25, 0.3) is 0 Å². The SMILES string of the molecule is CCCC(N)C(=O)N1CCN(c2ccccc2O)CC1.Cl. The number of rotatable bonds is 4. The second-order valence-electron chi connectivity index (χ2n) is 5.20. The Morgan fingerprint density at radius 1 is 1.29 bits per heavy atom. The molecule has 6 heteroatoms. The van der Waals surface area contributed by atoms with Gasteiger partial charge in [-0.3, -0.25) is 4.79 Å². The maximum atomic E-state index is 12.1. The normalized spacial score (nSPS) is 16.3. The molecule has 1 heterocycles. The molecule has 0 aromatic heterocycles. The van der Waals surface area contributed by atoms with Crippen LogP contribution in [-0.2, 0) is 4.79 Å². The molecule has 1 aromatic carbocycles. The van der Waals surface area contributed by atoms with Crippen molar-refractivity contribution in [3.8, 4) is 5.75 Å². The first-order valence-electron chi connectivity index (χ1n) is 7.20. The van der Waals surface area contributed by atoms with Gasteiger partial charge in [-0.25, -0.2) is 0 Å². The molecule has 1 aliphatic heterocycles. The van der Waals surface area contributed by atoms with E-state index in [9.17, 15) is 9.90 Å². The Balaban J connectivity index is 0.00000220. The summed E-state index contributed by atoms with van der Waals surface area (Å²) in [7, 11) is 0. The molecule has 3 N–H and O–H groups in total. The fraction of sp³-hybridized carbons (Fsp3) is 0.533. The van der Waals surface area contributed by atoms with Crippen LogP contribution in [0.4, 0.5) is 5.69 Å². The first-order valence-corrected chi connectivity index (χ1v) is 7.20. The fourth-order valence-electron chi connectivity index (χ4n) is 2.57. The topological polar surface area (TPSA) is 69.8 Å². The summed E-state index contributed by atoms with van der Waals surface area (Å²) in [4.78, 5) is 16.1. The number of anilines is 1. The summed E-state index contributed by atoms with van der Waals surface area (Å²) in [5.41, 5.74) is 6.71. The molecule has 0 bridgehead atoms. The van der Waals surface area contributed by atoms with Gasteiger partial charge in [-0.1, -0.05) is 25.5 Å². The standard InChI is InChI=1S/C15H23N3O2.ClH/c1-2-5-12(16)15(20)18-10-8-17(9-11-18)13-6-3-4-7-14(13)19;/h3-4,6-7,12,19H,2,5,8-11,16H2,1H3;1H. The third-order valence-corrected chi connectivity index (χ3v) is 3.73. The number of nitrogens with two attached hydrogens (primary N) is 1. The molecule has 118 valence electrons. The van der Waals surface area contributed by atoms with Crippen molar-refractivity contribution >= 4 is 24.0 Å². The molecule has 0 spiro atoms. The number of piperazine rings is 1. The Morgan fingerprint density at radius 2 is 1.90 bits per heavy atom. The van der Waals surface area contributed by atoms with E-state index in [0.29, 0.717) is 13.1 Å². The van der Waals surface area contributed by atoms with Crippen molar-refractivity contribution in [2.24, 2.45) is 5.73 Å². The van der Waals surface area contributed by atoms with E-state index < -0.39 is 0 Å². The van der Waals surface area contributed by atoms with Gasteiger partial charge in [-0.15, -0.1) is 12.4 Å². The monoisotopic (exact) mass is 313 g/mol. The summed E-state index contributed by atoms with van der Waals surface area (Å²) < 4.78 is 0. The number of carbonyl (C=O) groups is 1. The largest absolute Gasteiger partial charge is 0.506 e. The van der Waals surface area contributed by atoms with Crippen molar-refractivity contribution < 1.29 is 9.90 Å². The molecule has 1 fully saturated rings. The lowest BCUT2D eigenvalue weighted by Gasteiger charge is -2.37. The zero-order chi connectivity index (χ0) is 14.5. The van der Waals surface area contributed by atoms with E-state index >= 15 is 0 Å². The number of benzene rings is 1. The van der Waals surface area contributed by atoms with Gasteiger partial charge in [0.05, 0.1) is 11.7 Å². The highest BCUT2D eigenvalue weighted by molar-refractivity contribution is 5.85. The average molecular weight is 314 g/mol. The molecule has 0 radical (unpaired) electrons. The molecule has 1 saturated heterocycles. The third-order valence-electron chi connectivity index (χ3n) is 3.73. The first-order chi connectivity index (χ1) is 9.63. The summed E-state index contributed by atoms with van der Waals surface area (Å²) in [5, 5.41) is 9.85. The van der Waals surface area contributed by atoms with Crippen molar-refractivity contribution in [1.29, 1.82) is 0 Å². The summed E-state index contributed by atoms with van der Waals surface area (Å²) in [6.07, 6.45) is 1.66. The van der Waals surface area contributed by atoms with Crippen LogP contribution in [0.25, 0.3) is 0 Å². The quantitative estimate of drug-likeness (QED) is 0.885. The van der Waals surface area contributed by atoms with Crippen molar-refractivity contribution in [2.75, 3.05) is 31.1 Å². The molecule has 5 nitrogen and oxygen atoms in total. The van der Waals surface area contributed by atoms with E-state index in [1.165, 1.54) is 0 Å². The van der Waals surface area contributed by atoms with Crippen LogP contribution >= 0.6 is 12.4 Å². The van der Waals surface area contributed by atoms with Crippen LogP contribution in [0.1, 0.15) is 19.8 Å². The Hall–Kier alpha value is -1.46. The van der Waals surface area contributed by atoms with Crippen molar-refractivity contribution in [3.63, 3.8) is 0 Å². The lowest BCUT2D eigenvalue weighted by molar-refractivity contribution is -0.133. The van der Waals surface area contributed by atoms with Crippen LogP contribution in [0.5, 0.6) is 5.75 Å². The van der Waals surface area contributed by atoms with Crippen LogP contribution in [0.2, 0.25) is 0 Å². The van der Waals surface area contributed by atoms with Gasteiger partial charge < -0.3 is 20.6 Å². The number of nitrogens with zero attached hydrogens (tertiary/aromatic N) is 2. The van der Waals surface area contributed by atoms with Crippen LogP contribution in [0.15, 0.2) is 24.3 Å². The minimum absolute atomic E-state index is 0. The van der Waals surface area contributed by atoms with Gasteiger partial charge in [0, 0.05) is 26.2 Å². The summed E-state index contributed by atoms with van der Waals surface area (Å²) in [6.45, 7) is 4.79. The smallest absolute Gasteiger partial charge is 0.239 e.